The molecule has 1 aliphatic heterocycles. The predicted octanol–water partition coefficient (Wildman–Crippen LogP) is 1.54. The van der Waals surface area contributed by atoms with Crippen LogP contribution in [0.3, 0.4) is 0 Å². The smallest absolute Gasteiger partial charge is 0.313 e. The molecule has 1 saturated heterocycles. The molecule has 0 radical (unpaired) electrons. The van der Waals surface area contributed by atoms with Crippen LogP contribution in [0.5, 0.6) is 0 Å². The van der Waals surface area contributed by atoms with Crippen molar-refractivity contribution in [1.29, 1.82) is 0 Å². The van der Waals surface area contributed by atoms with Gasteiger partial charge in [0.2, 0.25) is 0 Å². The molecule has 2 amide bonds. The third kappa shape index (κ3) is 3.37. The fourth-order valence-corrected chi connectivity index (χ4v) is 2.80. The summed E-state index contributed by atoms with van der Waals surface area (Å²) in [5.74, 6) is -1.11. The fraction of sp³-hybridized carbons (Fsp3) is 0.429. The SMILES string of the molecule is Cc1ccc(NC(=O)C(=O)N2CCC(CO)C2)c(Br)c1. The summed E-state index contributed by atoms with van der Waals surface area (Å²) < 4.78 is 0.744. The van der Waals surface area contributed by atoms with Crippen molar-refractivity contribution in [3.05, 3.63) is 28.2 Å². The van der Waals surface area contributed by atoms with E-state index in [1.165, 1.54) is 4.90 Å². The number of hydrogen-bond donors (Lipinski definition) is 2. The van der Waals surface area contributed by atoms with Crippen LogP contribution in [0.4, 0.5) is 5.69 Å². The van der Waals surface area contributed by atoms with Crippen molar-refractivity contribution >= 4 is 33.4 Å². The number of amides is 2. The van der Waals surface area contributed by atoms with E-state index in [-0.39, 0.29) is 12.5 Å². The fourth-order valence-electron chi connectivity index (χ4n) is 2.21. The molecule has 20 heavy (non-hydrogen) atoms. The van der Waals surface area contributed by atoms with Crippen LogP contribution < -0.4 is 5.32 Å². The van der Waals surface area contributed by atoms with Crippen LogP contribution in [0.2, 0.25) is 0 Å². The number of nitrogens with zero attached hydrogens (tertiary/aromatic N) is 1. The van der Waals surface area contributed by atoms with Crippen LogP contribution in [-0.4, -0.2) is 41.5 Å². The zero-order chi connectivity index (χ0) is 14.7. The second-order valence-corrected chi connectivity index (χ2v) is 5.88. The number of benzene rings is 1. The third-order valence-corrected chi connectivity index (χ3v) is 4.05. The maximum absolute atomic E-state index is 12.0. The highest BCUT2D eigenvalue weighted by atomic mass is 79.9. The standard InChI is InChI=1S/C14H17BrN2O3/c1-9-2-3-12(11(15)6-9)16-13(19)14(20)17-5-4-10(7-17)8-18/h2-3,6,10,18H,4-5,7-8H2,1H3,(H,16,19). The second-order valence-electron chi connectivity index (χ2n) is 5.03. The lowest BCUT2D eigenvalue weighted by atomic mass is 10.1. The van der Waals surface area contributed by atoms with Crippen molar-refractivity contribution in [3.8, 4) is 0 Å². The van der Waals surface area contributed by atoms with Crippen molar-refractivity contribution in [2.75, 3.05) is 25.0 Å². The normalized spacial score (nSPS) is 18.1. The van der Waals surface area contributed by atoms with Gasteiger partial charge >= 0.3 is 11.8 Å². The summed E-state index contributed by atoms with van der Waals surface area (Å²) in [4.78, 5) is 25.4. The van der Waals surface area contributed by atoms with Crippen LogP contribution in [0.1, 0.15) is 12.0 Å². The number of aryl methyl sites for hydroxylation is 1. The highest BCUT2D eigenvalue weighted by Crippen LogP contribution is 2.23. The molecule has 0 saturated carbocycles. The summed E-state index contributed by atoms with van der Waals surface area (Å²) in [6, 6.07) is 5.49. The molecular weight excluding hydrogens is 324 g/mol. The second kappa shape index (κ2) is 6.37. The van der Waals surface area contributed by atoms with Gasteiger partial charge in [-0.05, 0) is 47.0 Å². The zero-order valence-electron chi connectivity index (χ0n) is 11.2. The molecule has 0 bridgehead atoms. The summed E-state index contributed by atoms with van der Waals surface area (Å²) in [5, 5.41) is 11.7. The number of nitrogens with one attached hydrogen (secondary N) is 1. The van der Waals surface area contributed by atoms with Gasteiger partial charge in [-0.1, -0.05) is 6.07 Å². The number of hydrogen-bond acceptors (Lipinski definition) is 3. The maximum atomic E-state index is 12.0. The molecule has 6 heteroatoms. The van der Waals surface area contributed by atoms with E-state index in [9.17, 15) is 9.59 Å². The first kappa shape index (κ1) is 15.0. The van der Waals surface area contributed by atoms with E-state index in [2.05, 4.69) is 21.2 Å². The monoisotopic (exact) mass is 340 g/mol. The van der Waals surface area contributed by atoms with E-state index in [1.807, 2.05) is 19.1 Å². The van der Waals surface area contributed by atoms with Crippen molar-refractivity contribution in [3.63, 3.8) is 0 Å². The van der Waals surface area contributed by atoms with Gasteiger partial charge in [0.25, 0.3) is 0 Å². The number of likely N-dealkylation sites (tertiary alicyclic amines) is 1. The van der Waals surface area contributed by atoms with Gasteiger partial charge in [0.1, 0.15) is 0 Å². The van der Waals surface area contributed by atoms with E-state index in [1.54, 1.807) is 6.07 Å². The van der Waals surface area contributed by atoms with Gasteiger partial charge < -0.3 is 15.3 Å². The minimum Gasteiger partial charge on any atom is -0.396 e. The molecular formula is C14H17BrN2O3. The molecule has 2 rings (SSSR count). The molecule has 1 atom stereocenters. The number of aliphatic hydroxyl groups excluding tert-OH is 1. The number of rotatable bonds is 2. The highest BCUT2D eigenvalue weighted by Gasteiger charge is 2.29. The third-order valence-electron chi connectivity index (χ3n) is 3.40. The highest BCUT2D eigenvalue weighted by molar-refractivity contribution is 9.10. The van der Waals surface area contributed by atoms with Gasteiger partial charge in [0.15, 0.2) is 0 Å². The zero-order valence-corrected chi connectivity index (χ0v) is 12.8. The average Bonchev–Trinajstić information content (AvgIpc) is 2.89. The first-order valence-corrected chi connectivity index (χ1v) is 7.28. The molecule has 108 valence electrons. The minimum atomic E-state index is -0.645. The number of halogens is 1. The van der Waals surface area contributed by atoms with Crippen molar-refractivity contribution < 1.29 is 14.7 Å². The summed E-state index contributed by atoms with van der Waals surface area (Å²) in [6.45, 7) is 2.96. The summed E-state index contributed by atoms with van der Waals surface area (Å²) in [7, 11) is 0. The van der Waals surface area contributed by atoms with Gasteiger partial charge in [-0.15, -0.1) is 0 Å². The molecule has 0 spiro atoms. The molecule has 1 unspecified atom stereocenters. The van der Waals surface area contributed by atoms with E-state index < -0.39 is 11.8 Å². The van der Waals surface area contributed by atoms with E-state index in [0.717, 1.165) is 16.5 Å². The Morgan fingerprint density at radius 1 is 1.50 bits per heavy atom. The Labute approximate surface area is 126 Å². The lowest BCUT2D eigenvalue weighted by Crippen LogP contribution is -2.38. The number of aliphatic hydroxyl groups is 1. The maximum Gasteiger partial charge on any atom is 0.313 e. The topological polar surface area (TPSA) is 69.6 Å². The molecule has 2 N–H and O–H groups in total. The lowest BCUT2D eigenvalue weighted by molar-refractivity contribution is -0.142. The summed E-state index contributed by atoms with van der Waals surface area (Å²) in [6.07, 6.45) is 0.740. The van der Waals surface area contributed by atoms with Crippen LogP contribution in [0.15, 0.2) is 22.7 Å². The Bertz CT molecular complexity index is 533. The van der Waals surface area contributed by atoms with Gasteiger partial charge in [0, 0.05) is 30.1 Å². The lowest BCUT2D eigenvalue weighted by Gasteiger charge is -2.16. The van der Waals surface area contributed by atoms with Crippen LogP contribution >= 0.6 is 15.9 Å². The molecule has 0 aromatic heterocycles. The van der Waals surface area contributed by atoms with Crippen LogP contribution in [0.25, 0.3) is 0 Å². The summed E-state index contributed by atoms with van der Waals surface area (Å²) in [5.41, 5.74) is 1.64. The summed E-state index contributed by atoms with van der Waals surface area (Å²) >= 11 is 3.36. The molecule has 5 nitrogen and oxygen atoms in total. The van der Waals surface area contributed by atoms with Crippen LogP contribution in [-0.2, 0) is 9.59 Å². The first-order valence-electron chi connectivity index (χ1n) is 6.48. The Morgan fingerprint density at radius 2 is 2.25 bits per heavy atom. The Morgan fingerprint density at radius 3 is 2.85 bits per heavy atom. The van der Waals surface area contributed by atoms with Gasteiger partial charge in [-0.25, -0.2) is 0 Å². The largest absolute Gasteiger partial charge is 0.396 e. The minimum absolute atomic E-state index is 0.0505. The first-order chi connectivity index (χ1) is 9.51. The van der Waals surface area contributed by atoms with Gasteiger partial charge in [-0.2, -0.15) is 0 Å². The Kier molecular flexibility index (Phi) is 4.77. The van der Waals surface area contributed by atoms with E-state index in [4.69, 9.17) is 5.11 Å². The van der Waals surface area contributed by atoms with Gasteiger partial charge in [-0.3, -0.25) is 9.59 Å². The molecule has 1 aliphatic rings. The van der Waals surface area contributed by atoms with Gasteiger partial charge in [0.05, 0.1) is 5.69 Å². The predicted molar refractivity (Wildman–Crippen MR) is 79.3 cm³/mol. The van der Waals surface area contributed by atoms with Crippen molar-refractivity contribution in [1.82, 2.24) is 4.90 Å². The van der Waals surface area contributed by atoms with Crippen molar-refractivity contribution in [2.45, 2.75) is 13.3 Å². The molecule has 1 fully saturated rings. The average molecular weight is 341 g/mol. The Hall–Kier alpha value is -1.40. The van der Waals surface area contributed by atoms with Crippen LogP contribution in [0, 0.1) is 12.8 Å². The van der Waals surface area contributed by atoms with E-state index in [0.29, 0.717) is 18.8 Å². The Balaban J connectivity index is 1.99. The molecule has 1 aromatic carbocycles. The molecule has 0 aliphatic carbocycles. The van der Waals surface area contributed by atoms with E-state index >= 15 is 0 Å². The number of anilines is 1. The number of carbonyl (C=O) groups excluding carboxylic acids is 2. The quantitative estimate of drug-likeness (QED) is 0.802. The molecule has 1 heterocycles. The molecule has 1 aromatic rings. The number of carbonyl (C=O) groups is 2. The van der Waals surface area contributed by atoms with Crippen molar-refractivity contribution in [2.24, 2.45) is 5.92 Å².